The van der Waals surface area contributed by atoms with Crippen LogP contribution in [-0.2, 0) is 19.2 Å². The molecule has 1 atom stereocenters. The number of nitrogens with one attached hydrogen (secondary N) is 1. The van der Waals surface area contributed by atoms with E-state index in [0.29, 0.717) is 0 Å². The van der Waals surface area contributed by atoms with Crippen molar-refractivity contribution in [3.63, 3.8) is 0 Å². The molecule has 0 aromatic rings. The van der Waals surface area contributed by atoms with Crippen LogP contribution in [0.25, 0.3) is 0 Å². The van der Waals surface area contributed by atoms with Crippen LogP contribution in [0.3, 0.4) is 0 Å². The number of hydrogen-bond acceptors (Lipinski definition) is 5. The van der Waals surface area contributed by atoms with Crippen LogP contribution in [0.1, 0.15) is 32.6 Å². The summed E-state index contributed by atoms with van der Waals surface area (Å²) in [5.41, 5.74) is 7.56. The molecule has 0 saturated heterocycles. The summed E-state index contributed by atoms with van der Waals surface area (Å²) in [6.07, 6.45) is 4.09. The van der Waals surface area contributed by atoms with Crippen molar-refractivity contribution in [1.29, 1.82) is 0 Å². The van der Waals surface area contributed by atoms with Crippen molar-refractivity contribution in [2.45, 2.75) is 44.8 Å². The molecule has 0 spiro atoms. The summed E-state index contributed by atoms with van der Waals surface area (Å²) in [7, 11) is 0. The number of carbonyl (C=O) groups excluding carboxylic acids is 2. The molecule has 1 fully saturated rings. The molecule has 0 bridgehead atoms. The van der Waals surface area contributed by atoms with Gasteiger partial charge in [-0.05, 0) is 19.8 Å². The van der Waals surface area contributed by atoms with E-state index >= 15 is 0 Å². The van der Waals surface area contributed by atoms with Crippen LogP contribution >= 0.6 is 0 Å². The number of nitrogens with two attached hydrogens (primary N) is 1. The summed E-state index contributed by atoms with van der Waals surface area (Å²) in [5, 5.41) is 0. The lowest BCUT2D eigenvalue weighted by Gasteiger charge is -2.14. The molecule has 1 aliphatic carbocycles. The van der Waals surface area contributed by atoms with Gasteiger partial charge in [0.05, 0.1) is 12.7 Å². The maximum atomic E-state index is 11.4. The van der Waals surface area contributed by atoms with Gasteiger partial charge in [-0.25, -0.2) is 10.3 Å². The number of amides is 1. The highest BCUT2D eigenvalue weighted by molar-refractivity contribution is 6.01. The number of carbonyl (C=O) groups is 2. The molecule has 0 aliphatic heterocycles. The van der Waals surface area contributed by atoms with Crippen molar-refractivity contribution in [1.82, 2.24) is 5.48 Å². The van der Waals surface area contributed by atoms with Gasteiger partial charge in [0.2, 0.25) is 0 Å². The lowest BCUT2D eigenvalue weighted by atomic mass is 10.3. The third-order valence-electron chi connectivity index (χ3n) is 2.45. The fourth-order valence-electron chi connectivity index (χ4n) is 1.55. The standard InChI is InChI=1S/C10H18N2O4/c1-2-15-10(14)8(11)9(13)12-16-7-5-3-4-6-7/h7-8H,2-6,11H2,1H3,(H,12,13). The molecule has 1 unspecified atom stereocenters. The first-order valence-corrected chi connectivity index (χ1v) is 5.53. The second kappa shape index (κ2) is 6.44. The summed E-state index contributed by atoms with van der Waals surface area (Å²) in [6.45, 7) is 1.85. The molecule has 0 aromatic heterocycles. The highest BCUT2D eigenvalue weighted by atomic mass is 16.7. The molecule has 0 heterocycles. The third kappa shape index (κ3) is 3.79. The van der Waals surface area contributed by atoms with Crippen molar-refractivity contribution >= 4 is 11.9 Å². The van der Waals surface area contributed by atoms with Gasteiger partial charge in [0, 0.05) is 0 Å². The zero-order valence-electron chi connectivity index (χ0n) is 9.40. The van der Waals surface area contributed by atoms with E-state index in [2.05, 4.69) is 10.2 Å². The van der Waals surface area contributed by atoms with Gasteiger partial charge >= 0.3 is 5.97 Å². The topological polar surface area (TPSA) is 90.7 Å². The van der Waals surface area contributed by atoms with Crippen LogP contribution in [-0.4, -0.2) is 30.6 Å². The van der Waals surface area contributed by atoms with Crippen molar-refractivity contribution < 1.29 is 19.2 Å². The molecule has 6 heteroatoms. The Morgan fingerprint density at radius 1 is 1.44 bits per heavy atom. The largest absolute Gasteiger partial charge is 0.464 e. The molecule has 16 heavy (non-hydrogen) atoms. The molecule has 1 saturated carbocycles. The highest BCUT2D eigenvalue weighted by Gasteiger charge is 2.25. The summed E-state index contributed by atoms with van der Waals surface area (Å²) in [6, 6.07) is -1.32. The van der Waals surface area contributed by atoms with Gasteiger partial charge in [0.25, 0.3) is 5.91 Å². The molecular formula is C10H18N2O4. The maximum Gasteiger partial charge on any atom is 0.332 e. The minimum absolute atomic E-state index is 0.0401. The van der Waals surface area contributed by atoms with E-state index < -0.39 is 17.9 Å². The van der Waals surface area contributed by atoms with Gasteiger partial charge in [-0.15, -0.1) is 0 Å². The third-order valence-corrected chi connectivity index (χ3v) is 2.45. The Kier molecular flexibility index (Phi) is 5.21. The van der Waals surface area contributed by atoms with E-state index in [4.69, 9.17) is 10.6 Å². The van der Waals surface area contributed by atoms with Gasteiger partial charge in [0.15, 0.2) is 6.04 Å². The first kappa shape index (κ1) is 12.9. The Labute approximate surface area is 94.4 Å². The van der Waals surface area contributed by atoms with E-state index in [1.54, 1.807) is 6.92 Å². The second-order valence-electron chi connectivity index (χ2n) is 3.72. The van der Waals surface area contributed by atoms with Crippen molar-refractivity contribution in [2.75, 3.05) is 6.61 Å². The Balaban J connectivity index is 2.25. The fourth-order valence-corrected chi connectivity index (χ4v) is 1.55. The summed E-state index contributed by atoms with van der Waals surface area (Å²) < 4.78 is 4.62. The van der Waals surface area contributed by atoms with Gasteiger partial charge in [-0.3, -0.25) is 9.63 Å². The Hall–Kier alpha value is -1.14. The SMILES string of the molecule is CCOC(=O)C(N)C(=O)NOC1CCCC1. The van der Waals surface area contributed by atoms with E-state index in [1.807, 2.05) is 0 Å². The van der Waals surface area contributed by atoms with E-state index in [1.165, 1.54) is 0 Å². The molecule has 0 radical (unpaired) electrons. The smallest absolute Gasteiger partial charge is 0.332 e. The monoisotopic (exact) mass is 230 g/mol. The molecule has 6 nitrogen and oxygen atoms in total. The number of esters is 1. The first-order valence-electron chi connectivity index (χ1n) is 5.53. The van der Waals surface area contributed by atoms with Crippen LogP contribution < -0.4 is 11.2 Å². The van der Waals surface area contributed by atoms with Gasteiger partial charge in [-0.1, -0.05) is 12.8 Å². The number of hydroxylamine groups is 1. The van der Waals surface area contributed by atoms with Gasteiger partial charge in [-0.2, -0.15) is 0 Å². The van der Waals surface area contributed by atoms with Crippen LogP contribution in [0.15, 0.2) is 0 Å². The number of rotatable bonds is 5. The average Bonchev–Trinajstić information content (AvgIpc) is 2.78. The van der Waals surface area contributed by atoms with Crippen LogP contribution in [0, 0.1) is 0 Å². The zero-order chi connectivity index (χ0) is 12.0. The summed E-state index contributed by atoms with van der Waals surface area (Å²) in [4.78, 5) is 27.6. The van der Waals surface area contributed by atoms with E-state index in [0.717, 1.165) is 25.7 Å². The molecule has 1 aliphatic rings. The minimum Gasteiger partial charge on any atom is -0.464 e. The van der Waals surface area contributed by atoms with Crippen molar-refractivity contribution in [3.05, 3.63) is 0 Å². The van der Waals surface area contributed by atoms with Crippen molar-refractivity contribution in [2.24, 2.45) is 5.73 Å². The molecule has 92 valence electrons. The van der Waals surface area contributed by atoms with E-state index in [-0.39, 0.29) is 12.7 Å². The second-order valence-corrected chi connectivity index (χ2v) is 3.72. The molecule has 0 aromatic carbocycles. The van der Waals surface area contributed by atoms with Gasteiger partial charge in [0.1, 0.15) is 0 Å². The Bertz CT molecular complexity index is 251. The quantitative estimate of drug-likeness (QED) is 0.390. The highest BCUT2D eigenvalue weighted by Crippen LogP contribution is 2.19. The predicted molar refractivity (Wildman–Crippen MR) is 56.1 cm³/mol. The molecule has 3 N–H and O–H groups in total. The Morgan fingerprint density at radius 2 is 2.06 bits per heavy atom. The molecule has 1 rings (SSSR count). The fraction of sp³-hybridized carbons (Fsp3) is 0.800. The lowest BCUT2D eigenvalue weighted by molar-refractivity contribution is -0.153. The van der Waals surface area contributed by atoms with Crippen LogP contribution in [0.5, 0.6) is 0 Å². The summed E-state index contributed by atoms with van der Waals surface area (Å²) in [5.74, 6) is -1.40. The van der Waals surface area contributed by atoms with Gasteiger partial charge < -0.3 is 10.5 Å². The van der Waals surface area contributed by atoms with Crippen molar-refractivity contribution in [3.8, 4) is 0 Å². The lowest BCUT2D eigenvalue weighted by Crippen LogP contribution is -2.47. The average molecular weight is 230 g/mol. The maximum absolute atomic E-state index is 11.4. The van der Waals surface area contributed by atoms with Crippen LogP contribution in [0.4, 0.5) is 0 Å². The predicted octanol–water partition coefficient (Wildman–Crippen LogP) is -0.133. The van der Waals surface area contributed by atoms with E-state index in [9.17, 15) is 9.59 Å². The normalized spacial score (nSPS) is 18.1. The zero-order valence-corrected chi connectivity index (χ0v) is 9.40. The molecule has 1 amide bonds. The minimum atomic E-state index is -1.32. The molecular weight excluding hydrogens is 212 g/mol. The first-order chi connectivity index (χ1) is 7.65. The number of ether oxygens (including phenoxy) is 1. The van der Waals surface area contributed by atoms with Crippen LogP contribution in [0.2, 0.25) is 0 Å². The summed E-state index contributed by atoms with van der Waals surface area (Å²) >= 11 is 0. The Morgan fingerprint density at radius 3 is 2.62 bits per heavy atom. The number of hydrogen-bond donors (Lipinski definition) is 2.